The van der Waals surface area contributed by atoms with Crippen molar-refractivity contribution in [2.75, 3.05) is 0 Å². The zero-order valence-electron chi connectivity index (χ0n) is 84.0. The van der Waals surface area contributed by atoms with Crippen LogP contribution in [0.3, 0.4) is 0 Å². The molecule has 0 saturated carbocycles. The van der Waals surface area contributed by atoms with Gasteiger partial charge in [0.05, 0.1) is 71.0 Å². The number of allylic oxidation sites excluding steroid dienone is 10. The summed E-state index contributed by atoms with van der Waals surface area (Å²) >= 11 is 0. The fourth-order valence-corrected chi connectivity index (χ4v) is 17.6. The number of rotatable bonds is 11. The minimum atomic E-state index is -1.35. The van der Waals surface area contributed by atoms with E-state index in [4.69, 9.17) is 32.1 Å². The Kier molecular flexibility index (Phi) is 45.5. The number of nitrogens with zero attached hydrogens (tertiary/aromatic N) is 11. The smallest absolute Gasteiger partial charge is 0.188 e. The molecule has 10 aromatic heterocycles. The van der Waals surface area contributed by atoms with Gasteiger partial charge in [0.15, 0.2) is 34.6 Å². The van der Waals surface area contributed by atoms with Crippen LogP contribution in [-0.4, -0.2) is 110 Å². The summed E-state index contributed by atoms with van der Waals surface area (Å²) < 4.78 is 24.2. The van der Waals surface area contributed by atoms with Crippen LogP contribution in [0, 0.1) is 42.7 Å². The number of aliphatic hydroxyl groups excluding tert-OH is 5. The molecule has 22 aromatic rings. The van der Waals surface area contributed by atoms with Crippen molar-refractivity contribution in [1.82, 2.24) is 47.8 Å². The maximum absolute atomic E-state index is 13.5. The van der Waals surface area contributed by atoms with Gasteiger partial charge in [-0.25, -0.2) is 34.2 Å². The van der Waals surface area contributed by atoms with Gasteiger partial charge in [0, 0.05) is 210 Å². The Labute approximate surface area is 937 Å². The van der Waals surface area contributed by atoms with Gasteiger partial charge in [-0.1, -0.05) is 144 Å². The molecular formula is C122H105FIr5N11O10Si-5. The van der Waals surface area contributed by atoms with E-state index in [2.05, 4.69) is 250 Å². The van der Waals surface area contributed by atoms with Crippen molar-refractivity contribution in [2.24, 2.45) is 0 Å². The van der Waals surface area contributed by atoms with E-state index in [1.807, 2.05) is 163 Å². The first-order valence-electron chi connectivity index (χ1n) is 46.3. The monoisotopic (exact) mass is 2900 g/mol. The topological polar surface area (TPSA) is 280 Å². The maximum atomic E-state index is 13.5. The van der Waals surface area contributed by atoms with E-state index >= 15 is 0 Å². The zero-order valence-corrected chi connectivity index (χ0v) is 96.9. The molecule has 150 heavy (non-hydrogen) atoms. The van der Waals surface area contributed by atoms with E-state index in [1.54, 1.807) is 24.5 Å². The molecule has 0 aliphatic heterocycles. The predicted octanol–water partition coefficient (Wildman–Crippen LogP) is 28.6. The van der Waals surface area contributed by atoms with Crippen LogP contribution in [0.4, 0.5) is 10.1 Å². The number of pyridine rings is 5. The molecule has 769 valence electrons. The van der Waals surface area contributed by atoms with Crippen LogP contribution >= 0.6 is 0 Å². The zero-order chi connectivity index (χ0) is 104. The Morgan fingerprint density at radius 2 is 0.600 bits per heavy atom. The van der Waals surface area contributed by atoms with E-state index in [0.29, 0.717) is 5.69 Å². The van der Waals surface area contributed by atoms with Crippen molar-refractivity contribution in [3.8, 4) is 28.4 Å². The molecule has 5 N–H and O–H groups in total. The molecule has 28 heteroatoms. The minimum Gasteiger partial charge on any atom is -0.512 e. The van der Waals surface area contributed by atoms with Crippen molar-refractivity contribution >= 4 is 179 Å². The number of fused-ring (bicyclic) bond motifs is 17. The van der Waals surface area contributed by atoms with Crippen LogP contribution in [0.15, 0.2) is 400 Å². The summed E-state index contributed by atoms with van der Waals surface area (Å²) in [5, 5.41) is 59.3. The van der Waals surface area contributed by atoms with Crippen LogP contribution in [-0.2, 0) is 124 Å². The molecule has 0 amide bonds. The largest absolute Gasteiger partial charge is 0.512 e. The molecule has 5 radical (unpaired) electrons. The number of halogens is 1. The SMILES string of the molecule is CC(=O)C=C(C)O.CC(=O)C=C(C)O.CC(=O)C=C(C)O.CC(=O)C=C(C)O.CC(=O)C=C(C)O.C[Si](C)(C)c1ccc2c(c1)c1cccnc1n2-c1[c-]cccc1.Fc1ccc2c(c1)c1cccnc1n2-c1[c-]cccc1.[C-]#[N+]c1ccc2c(c1)c1cccnc1n2-c1[c-]cccc1.[Ir].[Ir].[Ir].[Ir].[Ir].[c-]1cc2ccccc2cc1-n1c2ccccc2c2cccnc21.[c-]1ccc2ccccc2c1-n1c2ccccc2c2cccnc21. The van der Waals surface area contributed by atoms with Crippen molar-refractivity contribution in [3.63, 3.8) is 0 Å². The average molecular weight is 2890 g/mol. The van der Waals surface area contributed by atoms with Crippen LogP contribution < -0.4 is 5.19 Å². The quantitative estimate of drug-likeness (QED) is 0.0348. The molecule has 21 nitrogen and oxygen atoms in total. The molecule has 0 saturated heterocycles. The molecule has 0 spiro atoms. The number of benzene rings is 12. The summed E-state index contributed by atoms with van der Waals surface area (Å²) in [5.74, 6) is -0.551. The number of hydrogen-bond donors (Lipinski definition) is 5. The molecule has 0 aliphatic carbocycles. The van der Waals surface area contributed by atoms with E-state index < -0.39 is 8.07 Å². The standard InChI is InChI=1S/2C21H13N2.C20H19N2Si.C18H10N3.C17H10FN2.5C5H8O2.5Ir/c1-2-9-16-15(7-1)8-5-13-19(16)23-20-12-4-3-10-17(20)18-11-6-14-22-21(18)23;1-2-7-16-14-17(12-11-15(16)6-1)23-20-10-4-3-8-18(20)19-9-5-13-22-21(19)23;1-23(2,3)16-11-12-19-18(14-16)17-10-7-13-21-20(17)22(19)15-8-5-4-6-9-15;1-19-13-9-10-17-16(12-13)15-8-5-11-20-18(15)21(17)14-6-3-2-4-7-14;18-12-8-9-16-15(11-12)14-7-4-10-19-17(14)20(16)13-5-2-1-3-6-13;5*1-4(6)3-5(2)7;;;;;/h1-12,14H;1-11,13-14H;4-8,10-14H,1-3H3;2-6,8-12H;1-5,7-11H;5*3,6H,1-2H3;;;;;/q5*-1;;;;;;;;;;. The normalized spacial score (nSPS) is 11.1. The number of carbonyl (C=O) groups excluding carboxylic acids is 5. The summed E-state index contributed by atoms with van der Waals surface area (Å²) in [6, 6.07) is 120. The minimum absolute atomic E-state index is 0. The number of aromatic nitrogens is 10. The van der Waals surface area contributed by atoms with Crippen molar-refractivity contribution in [2.45, 2.75) is 88.9 Å². The summed E-state index contributed by atoms with van der Waals surface area (Å²) in [5.41, 5.74) is 15.7. The molecule has 0 aliphatic rings. The number of aliphatic hydroxyl groups is 5. The average Bonchev–Trinajstić information content (AvgIpc) is 1.60. The molecule has 10 heterocycles. The first-order valence-corrected chi connectivity index (χ1v) is 49.8. The molecule has 0 bridgehead atoms. The first-order chi connectivity index (χ1) is 69.8. The molecule has 12 aromatic carbocycles. The van der Waals surface area contributed by atoms with Gasteiger partial charge in [0.1, 0.15) is 34.1 Å². The van der Waals surface area contributed by atoms with Gasteiger partial charge < -0.3 is 48.4 Å². The Morgan fingerprint density at radius 1 is 0.293 bits per heavy atom. The van der Waals surface area contributed by atoms with Gasteiger partial charge in [0.2, 0.25) is 0 Å². The summed E-state index contributed by atoms with van der Waals surface area (Å²) in [4.78, 5) is 76.5. The molecule has 0 fully saturated rings. The Hall–Kier alpha value is -15.2. The molecule has 0 unspecified atom stereocenters. The van der Waals surface area contributed by atoms with Crippen LogP contribution in [0.5, 0.6) is 0 Å². The van der Waals surface area contributed by atoms with Crippen molar-refractivity contribution in [1.29, 1.82) is 0 Å². The molecule has 22 rings (SSSR count). The van der Waals surface area contributed by atoms with Gasteiger partial charge in [-0.2, -0.15) is 103 Å². The third kappa shape index (κ3) is 30.8. The van der Waals surface area contributed by atoms with E-state index in [-0.39, 0.29) is 164 Å². The first kappa shape index (κ1) is 120. The third-order valence-electron chi connectivity index (χ3n) is 22.1. The van der Waals surface area contributed by atoms with Crippen LogP contribution in [0.25, 0.3) is 165 Å². The number of hydrogen-bond acceptors (Lipinski definition) is 15. The Morgan fingerprint density at radius 3 is 0.967 bits per heavy atom. The van der Waals surface area contributed by atoms with E-state index in [1.165, 1.54) is 170 Å². The second-order valence-corrected chi connectivity index (χ2v) is 39.7. The second-order valence-electron chi connectivity index (χ2n) is 34.6. The van der Waals surface area contributed by atoms with Gasteiger partial charge in [0.25, 0.3) is 0 Å². The fourth-order valence-electron chi connectivity index (χ4n) is 16.4. The van der Waals surface area contributed by atoms with Gasteiger partial charge >= 0.3 is 0 Å². The second kappa shape index (κ2) is 56.8. The number of carbonyl (C=O) groups is 5. The van der Waals surface area contributed by atoms with Crippen LogP contribution in [0.1, 0.15) is 69.2 Å². The van der Waals surface area contributed by atoms with Gasteiger partial charge in [-0.05, 0) is 184 Å². The molecule has 0 atom stereocenters. The third-order valence-corrected chi connectivity index (χ3v) is 24.1. The van der Waals surface area contributed by atoms with Crippen molar-refractivity contribution in [3.05, 3.63) is 447 Å². The summed E-state index contributed by atoms with van der Waals surface area (Å²) in [6.45, 7) is 28.6. The van der Waals surface area contributed by atoms with Crippen molar-refractivity contribution < 1.29 is 154 Å². The summed E-state index contributed by atoms with van der Waals surface area (Å²) in [6.07, 6.45) is 14.9. The molecular weight excluding hydrogens is 2790 g/mol. The number of ketones is 5. The van der Waals surface area contributed by atoms with Gasteiger partial charge in [-0.3, -0.25) is 24.0 Å². The Bertz CT molecular complexity index is 8430. The van der Waals surface area contributed by atoms with Gasteiger partial charge in [-0.15, -0.1) is 57.9 Å². The summed E-state index contributed by atoms with van der Waals surface area (Å²) in [7, 11) is -1.35. The maximum Gasteiger partial charge on any atom is 0.188 e. The fraction of sp³-hybridized carbons (Fsp3) is 0.107. The van der Waals surface area contributed by atoms with Crippen LogP contribution in [0.2, 0.25) is 19.6 Å². The predicted molar refractivity (Wildman–Crippen MR) is 587 cm³/mol. The van der Waals surface area contributed by atoms with E-state index in [9.17, 15) is 28.4 Å². The Balaban J connectivity index is 0.000000210. The number of para-hydroxylation sites is 5. The van der Waals surface area contributed by atoms with E-state index in [0.717, 1.165) is 100 Å².